The highest BCUT2D eigenvalue weighted by Gasteiger charge is 2.66. The third kappa shape index (κ3) is 5.52. The Morgan fingerprint density at radius 3 is 2.00 bits per heavy atom. The Morgan fingerprint density at radius 1 is 1.12 bits per heavy atom. The topological polar surface area (TPSA) is 26.3 Å². The van der Waals surface area contributed by atoms with Gasteiger partial charge >= 0.3 is 12.1 Å². The molecule has 0 aromatic rings. The lowest BCUT2D eigenvalue weighted by Crippen LogP contribution is -2.53. The summed E-state index contributed by atoms with van der Waals surface area (Å²) >= 11 is 0. The number of ether oxygens (including phenoxy) is 1. The summed E-state index contributed by atoms with van der Waals surface area (Å²) in [6, 6.07) is 0. The van der Waals surface area contributed by atoms with Gasteiger partial charge in [0.1, 0.15) is 0 Å². The first-order valence-corrected chi connectivity index (χ1v) is 8.73. The second-order valence-electron chi connectivity index (χ2n) is 7.79. The summed E-state index contributed by atoms with van der Waals surface area (Å²) in [6.45, 7) is 11.5. The van der Waals surface area contributed by atoms with Crippen molar-refractivity contribution >= 4 is 5.97 Å². The highest BCUT2D eigenvalue weighted by atomic mass is 19.4. The van der Waals surface area contributed by atoms with Crippen LogP contribution in [0.15, 0.2) is 11.6 Å². The zero-order valence-electron chi connectivity index (χ0n) is 16.1. The van der Waals surface area contributed by atoms with Gasteiger partial charge in [-0.1, -0.05) is 65.5 Å². The summed E-state index contributed by atoms with van der Waals surface area (Å²) in [4.78, 5) is 12.6. The third-order valence-electron chi connectivity index (χ3n) is 4.45. The van der Waals surface area contributed by atoms with Crippen LogP contribution in [-0.2, 0) is 9.53 Å². The van der Waals surface area contributed by atoms with Crippen molar-refractivity contribution in [3.05, 3.63) is 11.6 Å². The van der Waals surface area contributed by atoms with Crippen LogP contribution in [-0.4, -0.2) is 18.8 Å². The van der Waals surface area contributed by atoms with Crippen LogP contribution in [0.2, 0.25) is 0 Å². The average Bonchev–Trinajstić information content (AvgIpc) is 2.41. The number of carbonyl (C=O) groups is 1. The summed E-state index contributed by atoms with van der Waals surface area (Å²) in [5, 5.41) is 0. The molecular weight excluding hydrogens is 317 g/mol. The number of hydrogen-bond acceptors (Lipinski definition) is 2. The first-order chi connectivity index (χ1) is 10.8. The molecule has 0 saturated heterocycles. The van der Waals surface area contributed by atoms with Crippen molar-refractivity contribution in [1.82, 2.24) is 0 Å². The van der Waals surface area contributed by atoms with Gasteiger partial charge in [0.2, 0.25) is 0 Å². The van der Waals surface area contributed by atoms with E-state index in [2.05, 4.69) is 6.92 Å². The number of halogens is 3. The summed E-state index contributed by atoms with van der Waals surface area (Å²) in [5.41, 5.74) is -3.54. The van der Waals surface area contributed by atoms with Crippen LogP contribution in [0, 0.1) is 16.7 Å². The molecule has 0 heterocycles. The molecule has 2 atom stereocenters. The molecule has 0 N–H and O–H groups in total. The van der Waals surface area contributed by atoms with Crippen molar-refractivity contribution in [3.63, 3.8) is 0 Å². The molecule has 0 bridgehead atoms. The fraction of sp³-hybridized carbons (Fsp3) is 0.842. The average molecular weight is 350 g/mol. The van der Waals surface area contributed by atoms with Gasteiger partial charge in [0.05, 0.1) is 6.61 Å². The van der Waals surface area contributed by atoms with Crippen LogP contribution >= 0.6 is 0 Å². The van der Waals surface area contributed by atoms with Crippen LogP contribution in [0.4, 0.5) is 13.2 Å². The standard InChI is InChI=1S/C19H33F3O2/c1-8-10-11-15(9-2)13-24-16(23)18(12-14(3)4,17(5,6)7)19(20,21)22/h12,15H,8-11,13H2,1-7H3. The number of allylic oxidation sites excluding steroid dienone is 1. The largest absolute Gasteiger partial charge is 0.464 e. The number of alkyl halides is 3. The summed E-state index contributed by atoms with van der Waals surface area (Å²) in [6.07, 6.45) is -0.0701. The quantitative estimate of drug-likeness (QED) is 0.379. The van der Waals surface area contributed by atoms with Crippen LogP contribution < -0.4 is 0 Å². The molecule has 0 aromatic heterocycles. The van der Waals surface area contributed by atoms with Crippen LogP contribution in [0.1, 0.15) is 74.1 Å². The van der Waals surface area contributed by atoms with E-state index in [1.54, 1.807) is 13.8 Å². The molecular formula is C19H33F3O2. The van der Waals surface area contributed by atoms with Gasteiger partial charge in [0, 0.05) is 0 Å². The minimum atomic E-state index is -4.72. The molecule has 0 spiro atoms. The molecule has 0 fully saturated rings. The highest BCUT2D eigenvalue weighted by molar-refractivity contribution is 5.81. The first-order valence-electron chi connectivity index (χ1n) is 8.73. The summed E-state index contributed by atoms with van der Waals surface area (Å²) in [7, 11) is 0. The Labute approximate surface area is 144 Å². The van der Waals surface area contributed by atoms with Gasteiger partial charge in [-0.25, -0.2) is 0 Å². The normalized spacial score (nSPS) is 16.2. The van der Waals surface area contributed by atoms with E-state index >= 15 is 0 Å². The van der Waals surface area contributed by atoms with Gasteiger partial charge in [-0.3, -0.25) is 4.79 Å². The number of hydrogen-bond donors (Lipinski definition) is 0. The molecule has 0 radical (unpaired) electrons. The van der Waals surface area contributed by atoms with Gasteiger partial charge in [-0.15, -0.1) is 0 Å². The maximum atomic E-state index is 13.9. The van der Waals surface area contributed by atoms with Gasteiger partial charge in [0.15, 0.2) is 5.41 Å². The number of carbonyl (C=O) groups excluding carboxylic acids is 1. The van der Waals surface area contributed by atoms with Crippen molar-refractivity contribution < 1.29 is 22.7 Å². The molecule has 0 aliphatic carbocycles. The van der Waals surface area contributed by atoms with Gasteiger partial charge in [0.25, 0.3) is 0 Å². The van der Waals surface area contributed by atoms with Crippen molar-refractivity contribution in [2.45, 2.75) is 80.3 Å². The van der Waals surface area contributed by atoms with Gasteiger partial charge in [-0.2, -0.15) is 13.2 Å². The predicted octanol–water partition coefficient (Wildman–Crippen LogP) is 6.31. The number of rotatable bonds is 8. The molecule has 2 unspecified atom stereocenters. The van der Waals surface area contributed by atoms with Crippen LogP contribution in [0.25, 0.3) is 0 Å². The van der Waals surface area contributed by atoms with E-state index < -0.39 is 23.0 Å². The van der Waals surface area contributed by atoms with Gasteiger partial charge in [-0.05, 0) is 31.6 Å². The first kappa shape index (κ1) is 23.0. The number of esters is 1. The molecule has 0 rings (SSSR count). The molecule has 2 nitrogen and oxygen atoms in total. The van der Waals surface area contributed by atoms with Crippen LogP contribution in [0.5, 0.6) is 0 Å². The van der Waals surface area contributed by atoms with Crippen molar-refractivity contribution in [2.24, 2.45) is 16.7 Å². The summed E-state index contributed by atoms with van der Waals surface area (Å²) in [5.74, 6) is -1.09. The lowest BCUT2D eigenvalue weighted by molar-refractivity contribution is -0.245. The predicted molar refractivity (Wildman–Crippen MR) is 91.6 cm³/mol. The zero-order chi connectivity index (χ0) is 19.2. The smallest absolute Gasteiger partial charge is 0.408 e. The fourth-order valence-corrected chi connectivity index (χ4v) is 2.84. The van der Waals surface area contributed by atoms with E-state index in [1.165, 1.54) is 20.8 Å². The molecule has 0 aliphatic heterocycles. The summed E-state index contributed by atoms with van der Waals surface area (Å²) < 4.78 is 47.0. The lowest BCUT2D eigenvalue weighted by Gasteiger charge is -2.42. The molecule has 24 heavy (non-hydrogen) atoms. The van der Waals surface area contributed by atoms with E-state index in [-0.39, 0.29) is 12.5 Å². The molecule has 0 saturated carbocycles. The SMILES string of the molecule is CCCCC(CC)COC(=O)C(C=C(C)C)(C(C)(C)C)C(F)(F)F. The van der Waals surface area contributed by atoms with E-state index in [1.807, 2.05) is 6.92 Å². The second kappa shape index (κ2) is 8.91. The van der Waals surface area contributed by atoms with Crippen LogP contribution in [0.3, 0.4) is 0 Å². The van der Waals surface area contributed by atoms with Gasteiger partial charge < -0.3 is 4.74 Å². The Hall–Kier alpha value is -1.00. The lowest BCUT2D eigenvalue weighted by atomic mass is 9.65. The maximum absolute atomic E-state index is 13.9. The minimum Gasteiger partial charge on any atom is -0.464 e. The molecule has 0 aliphatic rings. The van der Waals surface area contributed by atoms with E-state index in [9.17, 15) is 18.0 Å². The molecule has 0 aromatic carbocycles. The maximum Gasteiger partial charge on any atom is 0.408 e. The Balaban J connectivity index is 5.59. The minimum absolute atomic E-state index is 0.0415. The third-order valence-corrected chi connectivity index (χ3v) is 4.45. The zero-order valence-corrected chi connectivity index (χ0v) is 16.1. The second-order valence-corrected chi connectivity index (χ2v) is 7.79. The van der Waals surface area contributed by atoms with E-state index in [0.29, 0.717) is 5.57 Å². The monoisotopic (exact) mass is 350 g/mol. The Bertz CT molecular complexity index is 413. The Morgan fingerprint density at radius 2 is 1.67 bits per heavy atom. The van der Waals surface area contributed by atoms with Crippen molar-refractivity contribution in [2.75, 3.05) is 6.61 Å². The molecule has 5 heteroatoms. The fourth-order valence-electron chi connectivity index (χ4n) is 2.84. The number of unbranched alkanes of at least 4 members (excludes halogenated alkanes) is 1. The Kier molecular flexibility index (Phi) is 8.54. The molecule has 142 valence electrons. The van der Waals surface area contributed by atoms with Crippen molar-refractivity contribution in [3.8, 4) is 0 Å². The van der Waals surface area contributed by atoms with Crippen molar-refractivity contribution in [1.29, 1.82) is 0 Å². The molecule has 0 amide bonds. The van der Waals surface area contributed by atoms with E-state index in [4.69, 9.17) is 4.74 Å². The highest BCUT2D eigenvalue weighted by Crippen LogP contribution is 2.53. The van der Waals surface area contributed by atoms with E-state index in [0.717, 1.165) is 31.8 Å².